The molecule has 0 saturated heterocycles. The topological polar surface area (TPSA) is 97.9 Å². The number of nitrogens with zero attached hydrogens (tertiary/aromatic N) is 4. The Balaban J connectivity index is 1.49. The summed E-state index contributed by atoms with van der Waals surface area (Å²) in [5.41, 5.74) is 0. The van der Waals surface area contributed by atoms with E-state index in [1.165, 1.54) is 0 Å². The van der Waals surface area contributed by atoms with Gasteiger partial charge in [-0.3, -0.25) is 4.79 Å². The zero-order valence-electron chi connectivity index (χ0n) is 12.8. The van der Waals surface area contributed by atoms with Crippen LogP contribution in [0, 0.1) is 6.92 Å². The number of carbonyl (C=O) groups excluding carboxylic acids is 1. The molecular weight excluding hydrogens is 284 g/mol. The van der Waals surface area contributed by atoms with Gasteiger partial charge in [-0.25, -0.2) is 9.67 Å². The van der Waals surface area contributed by atoms with Crippen LogP contribution < -0.4 is 10.6 Å². The number of aryl methyl sites for hydroxylation is 3. The van der Waals surface area contributed by atoms with Crippen LogP contribution in [0.5, 0.6) is 0 Å². The molecule has 8 heteroatoms. The molecule has 2 aromatic rings. The number of nitrogens with one attached hydrogen (secondary N) is 2. The lowest BCUT2D eigenvalue weighted by molar-refractivity contribution is -0.115. The highest BCUT2D eigenvalue weighted by molar-refractivity contribution is 5.91. The molecule has 0 bridgehead atoms. The molecule has 0 aromatic carbocycles. The summed E-state index contributed by atoms with van der Waals surface area (Å²) in [6, 6.07) is 1.91. The normalized spacial score (nSPS) is 17.3. The van der Waals surface area contributed by atoms with E-state index in [4.69, 9.17) is 4.52 Å². The van der Waals surface area contributed by atoms with Crippen molar-refractivity contribution < 1.29 is 9.32 Å². The highest BCUT2D eigenvalue weighted by Crippen LogP contribution is 2.13. The van der Waals surface area contributed by atoms with Crippen molar-refractivity contribution in [1.82, 2.24) is 25.2 Å². The fraction of sp³-hybridized carbons (Fsp3) is 0.571. The van der Waals surface area contributed by atoms with E-state index in [1.54, 1.807) is 13.0 Å². The number of amides is 1. The third-order valence-electron chi connectivity index (χ3n) is 3.66. The maximum Gasteiger partial charge on any atom is 0.239 e. The molecule has 118 valence electrons. The van der Waals surface area contributed by atoms with E-state index in [0.717, 1.165) is 37.5 Å². The van der Waals surface area contributed by atoms with Crippen molar-refractivity contribution in [2.75, 3.05) is 11.9 Å². The van der Waals surface area contributed by atoms with Gasteiger partial charge in [-0.2, -0.15) is 5.10 Å². The second kappa shape index (κ2) is 6.27. The molecule has 1 aliphatic heterocycles. The van der Waals surface area contributed by atoms with Gasteiger partial charge in [-0.15, -0.1) is 0 Å². The predicted molar refractivity (Wildman–Crippen MR) is 79.4 cm³/mol. The summed E-state index contributed by atoms with van der Waals surface area (Å²) in [7, 11) is 0. The van der Waals surface area contributed by atoms with Crippen LogP contribution in [0.25, 0.3) is 0 Å². The van der Waals surface area contributed by atoms with Gasteiger partial charge in [-0.05, 0) is 13.3 Å². The standard InChI is InChI=1S/C14H20N6O2/c1-3-11-16-13-5-4-10(8-20(13)18-11)15-7-14(21)17-12-6-9(2)22-19-12/h6,10,15H,3-5,7-8H2,1-2H3,(H,17,19,21)/t10-/m0/s1. The van der Waals surface area contributed by atoms with Crippen LogP contribution in [0.3, 0.4) is 0 Å². The molecule has 0 radical (unpaired) electrons. The first-order valence-corrected chi connectivity index (χ1v) is 7.53. The second-order valence-electron chi connectivity index (χ2n) is 5.47. The molecule has 2 aromatic heterocycles. The molecule has 8 nitrogen and oxygen atoms in total. The van der Waals surface area contributed by atoms with Crippen molar-refractivity contribution in [2.45, 2.75) is 45.7 Å². The van der Waals surface area contributed by atoms with Crippen LogP contribution in [-0.2, 0) is 24.2 Å². The van der Waals surface area contributed by atoms with Crippen LogP contribution in [-0.4, -0.2) is 38.4 Å². The molecule has 0 fully saturated rings. The largest absolute Gasteiger partial charge is 0.360 e. The average molecular weight is 304 g/mol. The van der Waals surface area contributed by atoms with Gasteiger partial charge in [0.1, 0.15) is 11.6 Å². The van der Waals surface area contributed by atoms with Crippen molar-refractivity contribution in [3.05, 3.63) is 23.5 Å². The average Bonchev–Trinajstić information content (AvgIpc) is 3.10. The van der Waals surface area contributed by atoms with E-state index >= 15 is 0 Å². The lowest BCUT2D eigenvalue weighted by Gasteiger charge is -2.23. The quantitative estimate of drug-likeness (QED) is 0.843. The van der Waals surface area contributed by atoms with E-state index in [0.29, 0.717) is 11.6 Å². The van der Waals surface area contributed by atoms with Gasteiger partial charge in [-0.1, -0.05) is 12.1 Å². The molecule has 0 spiro atoms. The maximum absolute atomic E-state index is 11.9. The third-order valence-corrected chi connectivity index (χ3v) is 3.66. The zero-order valence-corrected chi connectivity index (χ0v) is 12.8. The Morgan fingerprint density at radius 1 is 1.55 bits per heavy atom. The zero-order chi connectivity index (χ0) is 15.5. The minimum absolute atomic E-state index is 0.132. The Hall–Kier alpha value is -2.22. The molecule has 3 rings (SSSR count). The number of aromatic nitrogens is 4. The van der Waals surface area contributed by atoms with Gasteiger partial charge in [0.05, 0.1) is 13.1 Å². The number of carbonyl (C=O) groups is 1. The summed E-state index contributed by atoms with van der Waals surface area (Å²) in [6.07, 6.45) is 2.69. The van der Waals surface area contributed by atoms with Gasteiger partial charge in [0, 0.05) is 24.9 Å². The number of fused-ring (bicyclic) bond motifs is 1. The minimum atomic E-state index is -0.132. The van der Waals surface area contributed by atoms with E-state index < -0.39 is 0 Å². The summed E-state index contributed by atoms with van der Waals surface area (Å²) in [5.74, 6) is 2.90. The lowest BCUT2D eigenvalue weighted by Crippen LogP contribution is -2.41. The molecule has 3 heterocycles. The van der Waals surface area contributed by atoms with E-state index in [2.05, 4.69) is 25.9 Å². The monoisotopic (exact) mass is 304 g/mol. The smallest absolute Gasteiger partial charge is 0.239 e. The van der Waals surface area contributed by atoms with E-state index in [1.807, 2.05) is 11.6 Å². The summed E-state index contributed by atoms with van der Waals surface area (Å²) in [5, 5.41) is 14.1. The summed E-state index contributed by atoms with van der Waals surface area (Å²) >= 11 is 0. The predicted octanol–water partition coefficient (Wildman–Crippen LogP) is 0.680. The third kappa shape index (κ3) is 3.33. The van der Waals surface area contributed by atoms with Crippen LogP contribution in [0.2, 0.25) is 0 Å². The highest BCUT2D eigenvalue weighted by Gasteiger charge is 2.21. The van der Waals surface area contributed by atoms with Crippen molar-refractivity contribution >= 4 is 11.7 Å². The second-order valence-corrected chi connectivity index (χ2v) is 5.47. The summed E-state index contributed by atoms with van der Waals surface area (Å²) in [6.45, 7) is 4.82. The first-order chi connectivity index (χ1) is 10.6. The van der Waals surface area contributed by atoms with Gasteiger partial charge in [0.2, 0.25) is 5.91 Å². The van der Waals surface area contributed by atoms with Crippen molar-refractivity contribution in [2.24, 2.45) is 0 Å². The fourth-order valence-electron chi connectivity index (χ4n) is 2.53. The molecule has 1 atom stereocenters. The number of hydrogen-bond acceptors (Lipinski definition) is 6. The van der Waals surface area contributed by atoms with Gasteiger partial charge >= 0.3 is 0 Å². The lowest BCUT2D eigenvalue weighted by atomic mass is 10.1. The first kappa shape index (κ1) is 14.7. The number of hydrogen-bond donors (Lipinski definition) is 2. The van der Waals surface area contributed by atoms with E-state index in [9.17, 15) is 4.79 Å². The van der Waals surface area contributed by atoms with Gasteiger partial charge in [0.25, 0.3) is 0 Å². The Morgan fingerprint density at radius 3 is 3.14 bits per heavy atom. The molecule has 0 unspecified atom stereocenters. The Bertz CT molecular complexity index is 662. The Kier molecular flexibility index (Phi) is 4.19. The van der Waals surface area contributed by atoms with Crippen molar-refractivity contribution in [1.29, 1.82) is 0 Å². The summed E-state index contributed by atoms with van der Waals surface area (Å²) in [4.78, 5) is 16.4. The van der Waals surface area contributed by atoms with E-state index in [-0.39, 0.29) is 18.5 Å². The van der Waals surface area contributed by atoms with Gasteiger partial charge in [0.15, 0.2) is 11.6 Å². The highest BCUT2D eigenvalue weighted by atomic mass is 16.5. The molecule has 1 aliphatic rings. The van der Waals surface area contributed by atoms with Crippen LogP contribution in [0.15, 0.2) is 10.6 Å². The summed E-state index contributed by atoms with van der Waals surface area (Å²) < 4.78 is 6.85. The Morgan fingerprint density at radius 2 is 2.41 bits per heavy atom. The van der Waals surface area contributed by atoms with Crippen LogP contribution in [0.4, 0.5) is 5.82 Å². The molecule has 0 aliphatic carbocycles. The van der Waals surface area contributed by atoms with Crippen LogP contribution >= 0.6 is 0 Å². The minimum Gasteiger partial charge on any atom is -0.360 e. The maximum atomic E-state index is 11.9. The molecule has 2 N–H and O–H groups in total. The number of rotatable bonds is 5. The van der Waals surface area contributed by atoms with Crippen molar-refractivity contribution in [3.63, 3.8) is 0 Å². The fourth-order valence-corrected chi connectivity index (χ4v) is 2.53. The van der Waals surface area contributed by atoms with Gasteiger partial charge < -0.3 is 15.2 Å². The molecular formula is C14H20N6O2. The molecule has 0 saturated carbocycles. The first-order valence-electron chi connectivity index (χ1n) is 7.53. The van der Waals surface area contributed by atoms with Crippen molar-refractivity contribution in [3.8, 4) is 0 Å². The molecule has 22 heavy (non-hydrogen) atoms. The molecule has 1 amide bonds. The SMILES string of the molecule is CCc1nc2n(n1)C[C@@H](NCC(=O)Nc1cc(C)on1)CC2. The Labute approximate surface area is 128 Å². The number of anilines is 1. The van der Waals surface area contributed by atoms with Crippen LogP contribution in [0.1, 0.15) is 30.8 Å².